The Hall–Kier alpha value is -3.36. The van der Waals surface area contributed by atoms with Crippen LogP contribution in [0, 0.1) is 11.6 Å². The second-order valence-corrected chi connectivity index (χ2v) is 6.19. The van der Waals surface area contributed by atoms with Crippen molar-refractivity contribution in [1.29, 1.82) is 0 Å². The van der Waals surface area contributed by atoms with Crippen molar-refractivity contribution >= 4 is 5.91 Å². The van der Waals surface area contributed by atoms with Crippen molar-refractivity contribution in [2.45, 2.75) is 6.54 Å². The lowest BCUT2D eigenvalue weighted by Gasteiger charge is -2.39. The lowest BCUT2D eigenvalue weighted by molar-refractivity contribution is 0.0706. The Bertz CT molecular complexity index is 1020. The Kier molecular flexibility index (Phi) is 4.06. The van der Waals surface area contributed by atoms with E-state index < -0.39 is 28.7 Å². The Balaban J connectivity index is 1.88. The predicted octanol–water partition coefficient (Wildman–Crippen LogP) is 1.33. The van der Waals surface area contributed by atoms with Gasteiger partial charge in [-0.3, -0.25) is 19.3 Å². The number of aromatic hydroxyl groups is 1. The Morgan fingerprint density at radius 2 is 1.93 bits per heavy atom. The molecule has 0 atom stereocenters. The van der Waals surface area contributed by atoms with Gasteiger partial charge in [-0.2, -0.15) is 4.39 Å². The van der Waals surface area contributed by atoms with Crippen LogP contribution in [0.15, 0.2) is 41.3 Å². The molecule has 2 aliphatic heterocycles. The van der Waals surface area contributed by atoms with Gasteiger partial charge in [0, 0.05) is 24.4 Å². The first kappa shape index (κ1) is 17.1. The third-order valence-corrected chi connectivity index (χ3v) is 4.48. The van der Waals surface area contributed by atoms with Crippen molar-refractivity contribution in [3.63, 3.8) is 0 Å². The molecule has 0 unspecified atom stereocenters. The highest BCUT2D eigenvalue weighted by Gasteiger charge is 2.32. The Morgan fingerprint density at radius 1 is 1.11 bits per heavy atom. The van der Waals surface area contributed by atoms with Gasteiger partial charge in [0.25, 0.3) is 5.91 Å². The molecular formula is C18H15F2N3O4. The number of nitrogens with zero attached hydrogens (tertiary/aromatic N) is 3. The number of pyridine rings is 1. The van der Waals surface area contributed by atoms with Crippen LogP contribution < -0.4 is 15.2 Å². The summed E-state index contributed by atoms with van der Waals surface area (Å²) >= 11 is 0. The number of amides is 1. The average molecular weight is 375 g/mol. The number of carbonyl (C=O) groups excluding carboxylic acids is 1. The van der Waals surface area contributed by atoms with E-state index in [1.807, 2.05) is 0 Å². The molecule has 3 heterocycles. The molecular weight excluding hydrogens is 360 g/mol. The van der Waals surface area contributed by atoms with Crippen molar-refractivity contribution in [2.75, 3.05) is 24.8 Å². The van der Waals surface area contributed by atoms with Gasteiger partial charge in [-0.15, -0.1) is 0 Å². The number of benzene rings is 1. The van der Waals surface area contributed by atoms with Crippen molar-refractivity contribution in [2.24, 2.45) is 0 Å². The molecule has 0 radical (unpaired) electrons. The van der Waals surface area contributed by atoms with E-state index in [4.69, 9.17) is 4.74 Å². The highest BCUT2D eigenvalue weighted by atomic mass is 19.2. The summed E-state index contributed by atoms with van der Waals surface area (Å²) < 4.78 is 34.6. The van der Waals surface area contributed by atoms with Gasteiger partial charge in [0.2, 0.25) is 11.2 Å². The lowest BCUT2D eigenvalue weighted by Crippen LogP contribution is -2.53. The number of hydrogen-bond acceptors (Lipinski definition) is 5. The maximum Gasteiger partial charge on any atom is 0.278 e. The Morgan fingerprint density at radius 3 is 2.74 bits per heavy atom. The highest BCUT2D eigenvalue weighted by Crippen LogP contribution is 2.28. The Labute approximate surface area is 152 Å². The number of ether oxygens (including phenoxy) is 1. The molecule has 1 aromatic carbocycles. The molecule has 1 aromatic heterocycles. The summed E-state index contributed by atoms with van der Waals surface area (Å²) in [5.41, 5.74) is -0.484. The van der Waals surface area contributed by atoms with E-state index in [2.05, 4.69) is 0 Å². The number of carbonyl (C=O) groups is 1. The molecule has 2 bridgehead atoms. The fourth-order valence-electron chi connectivity index (χ4n) is 3.15. The van der Waals surface area contributed by atoms with Gasteiger partial charge in [0.1, 0.15) is 13.3 Å². The van der Waals surface area contributed by atoms with E-state index >= 15 is 0 Å². The van der Waals surface area contributed by atoms with E-state index in [1.54, 1.807) is 17.2 Å². The fourth-order valence-corrected chi connectivity index (χ4v) is 3.15. The first-order chi connectivity index (χ1) is 13.0. The summed E-state index contributed by atoms with van der Waals surface area (Å²) in [7, 11) is 0. The van der Waals surface area contributed by atoms with E-state index in [9.17, 15) is 23.5 Å². The topological polar surface area (TPSA) is 75.0 Å². The first-order valence-electron chi connectivity index (χ1n) is 8.21. The van der Waals surface area contributed by atoms with E-state index in [-0.39, 0.29) is 37.8 Å². The zero-order valence-corrected chi connectivity index (χ0v) is 14.1. The van der Waals surface area contributed by atoms with Gasteiger partial charge >= 0.3 is 0 Å². The second kappa shape index (κ2) is 6.42. The fraction of sp³-hybridized carbons (Fsp3) is 0.222. The monoisotopic (exact) mass is 375 g/mol. The molecule has 0 saturated heterocycles. The molecule has 4 rings (SSSR count). The van der Waals surface area contributed by atoms with Crippen LogP contribution in [0.3, 0.4) is 0 Å². The molecule has 1 N–H and O–H groups in total. The first-order valence-corrected chi connectivity index (χ1v) is 8.21. The largest absolute Gasteiger partial charge is 0.502 e. The van der Waals surface area contributed by atoms with Crippen molar-refractivity contribution in [1.82, 2.24) is 9.58 Å². The molecule has 0 saturated carbocycles. The van der Waals surface area contributed by atoms with E-state index in [0.717, 1.165) is 12.1 Å². The molecule has 0 spiro atoms. The van der Waals surface area contributed by atoms with Gasteiger partial charge in [0.05, 0.1) is 6.54 Å². The van der Waals surface area contributed by atoms with Gasteiger partial charge in [-0.05, 0) is 12.1 Å². The van der Waals surface area contributed by atoms with Crippen molar-refractivity contribution in [3.05, 3.63) is 69.7 Å². The van der Waals surface area contributed by atoms with Gasteiger partial charge in [0.15, 0.2) is 23.0 Å². The molecule has 9 heteroatoms. The highest BCUT2D eigenvalue weighted by molar-refractivity contribution is 5.96. The van der Waals surface area contributed by atoms with Crippen LogP contribution in [0.2, 0.25) is 0 Å². The number of halogens is 2. The summed E-state index contributed by atoms with van der Waals surface area (Å²) in [6.07, 6.45) is 4.60. The minimum absolute atomic E-state index is 0.00541. The third-order valence-electron chi connectivity index (χ3n) is 4.48. The van der Waals surface area contributed by atoms with Crippen molar-refractivity contribution in [3.8, 4) is 11.5 Å². The van der Waals surface area contributed by atoms with Gasteiger partial charge in [-0.25, -0.2) is 4.39 Å². The van der Waals surface area contributed by atoms with Crippen LogP contribution in [0.1, 0.15) is 16.1 Å². The molecule has 2 aliphatic rings. The molecule has 0 aliphatic carbocycles. The van der Waals surface area contributed by atoms with Crippen LogP contribution >= 0.6 is 0 Å². The van der Waals surface area contributed by atoms with Gasteiger partial charge < -0.3 is 14.7 Å². The smallest absolute Gasteiger partial charge is 0.278 e. The minimum Gasteiger partial charge on any atom is -0.502 e. The van der Waals surface area contributed by atoms with Crippen LogP contribution in [-0.2, 0) is 6.54 Å². The summed E-state index contributed by atoms with van der Waals surface area (Å²) in [4.78, 5) is 25.9. The molecule has 7 nitrogen and oxygen atoms in total. The summed E-state index contributed by atoms with van der Waals surface area (Å²) in [6.45, 7) is 0.391. The zero-order chi connectivity index (χ0) is 19.1. The second-order valence-electron chi connectivity index (χ2n) is 6.19. The summed E-state index contributed by atoms with van der Waals surface area (Å²) in [5, 5.41) is 11.7. The SMILES string of the molecule is O=C1c2c(O)c(=O)ccn2N2Cc3ccc(F)c(F)c3OC/C=C/CN1C2. The van der Waals surface area contributed by atoms with Crippen molar-refractivity contribution < 1.29 is 23.4 Å². The van der Waals surface area contributed by atoms with E-state index in [1.165, 1.54) is 21.8 Å². The molecule has 140 valence electrons. The van der Waals surface area contributed by atoms with Crippen LogP contribution in [0.5, 0.6) is 11.5 Å². The molecule has 1 amide bonds. The summed E-state index contributed by atoms with van der Waals surface area (Å²) in [5.74, 6) is -3.48. The number of fused-ring (bicyclic) bond motifs is 5. The van der Waals surface area contributed by atoms with Gasteiger partial charge in [-0.1, -0.05) is 12.1 Å². The maximum atomic E-state index is 14.2. The minimum atomic E-state index is -1.09. The number of hydrogen-bond donors (Lipinski definition) is 1. The standard InChI is InChI=1S/C18H15F2N3O4/c19-12-4-3-11-9-22-10-21(6-1-2-8-27-17(11)14(12)20)18(26)15-16(25)13(24)5-7-23(15)22/h1-5,7,25H,6,8-10H2/b2-1+. The molecule has 27 heavy (non-hydrogen) atoms. The normalized spacial score (nSPS) is 17.5. The predicted molar refractivity (Wildman–Crippen MR) is 91.2 cm³/mol. The zero-order valence-electron chi connectivity index (χ0n) is 14.1. The summed E-state index contributed by atoms with van der Waals surface area (Å²) in [6, 6.07) is 3.54. The quantitative estimate of drug-likeness (QED) is 0.704. The van der Waals surface area contributed by atoms with Crippen LogP contribution in [0.25, 0.3) is 0 Å². The van der Waals surface area contributed by atoms with E-state index in [0.29, 0.717) is 5.56 Å². The molecule has 2 aromatic rings. The number of rotatable bonds is 0. The number of aromatic nitrogens is 1. The lowest BCUT2D eigenvalue weighted by atomic mass is 10.1. The van der Waals surface area contributed by atoms with Crippen LogP contribution in [-0.4, -0.2) is 40.4 Å². The maximum absolute atomic E-state index is 14.2. The average Bonchev–Trinajstić information content (AvgIpc) is 2.68. The van der Waals surface area contributed by atoms with Crippen LogP contribution in [0.4, 0.5) is 8.78 Å². The molecule has 0 fully saturated rings. The third kappa shape index (κ3) is 2.80.